The summed E-state index contributed by atoms with van der Waals surface area (Å²) in [4.78, 5) is 24.2. The molecule has 4 nitrogen and oxygen atoms in total. The van der Waals surface area contributed by atoms with E-state index in [1.165, 1.54) is 83.5 Å². The molecule has 0 heterocycles. The van der Waals surface area contributed by atoms with Crippen LogP contribution in [0.1, 0.15) is 127 Å². The van der Waals surface area contributed by atoms with Gasteiger partial charge in [-0.15, -0.1) is 0 Å². The van der Waals surface area contributed by atoms with Gasteiger partial charge in [-0.05, 0) is 25.5 Å². The maximum Gasteiger partial charge on any atom is 0.340 e. The molecule has 1 rings (SSSR count). The number of hydrogen-bond donors (Lipinski definition) is 1. The molecule has 1 aromatic rings. The van der Waals surface area contributed by atoms with Crippen LogP contribution in [0.2, 0.25) is 0 Å². The Hall–Kier alpha value is -1.84. The first-order chi connectivity index (χ1) is 15.2. The summed E-state index contributed by atoms with van der Waals surface area (Å²) in [6, 6.07) is 7.01. The maximum atomic E-state index is 12.2. The molecule has 4 heteroatoms. The number of para-hydroxylation sites is 1. The summed E-state index contributed by atoms with van der Waals surface area (Å²) in [6.45, 7) is 4.36. The van der Waals surface area contributed by atoms with Crippen molar-refractivity contribution in [2.75, 3.05) is 11.9 Å². The summed E-state index contributed by atoms with van der Waals surface area (Å²) in [7, 11) is 0. The fraction of sp³-hybridized carbons (Fsp3) is 0.704. The van der Waals surface area contributed by atoms with Gasteiger partial charge in [0, 0.05) is 6.42 Å². The van der Waals surface area contributed by atoms with Crippen molar-refractivity contribution in [3.05, 3.63) is 29.8 Å². The fourth-order valence-corrected chi connectivity index (χ4v) is 3.85. The number of ether oxygens (including phenoxy) is 1. The maximum absolute atomic E-state index is 12.2. The number of nitrogens with one attached hydrogen (secondary N) is 1. The molecule has 0 unspecified atom stereocenters. The first kappa shape index (κ1) is 27.2. The first-order valence-electron chi connectivity index (χ1n) is 12.7. The quantitative estimate of drug-likeness (QED) is 0.178. The van der Waals surface area contributed by atoms with Gasteiger partial charge in [0.1, 0.15) is 0 Å². The van der Waals surface area contributed by atoms with Gasteiger partial charge >= 0.3 is 5.97 Å². The van der Waals surface area contributed by atoms with Gasteiger partial charge in [0.15, 0.2) is 0 Å². The second kappa shape index (κ2) is 18.9. The molecule has 0 spiro atoms. The molecule has 0 aliphatic carbocycles. The van der Waals surface area contributed by atoms with Crippen molar-refractivity contribution in [3.8, 4) is 0 Å². The van der Waals surface area contributed by atoms with E-state index >= 15 is 0 Å². The third-order valence-electron chi connectivity index (χ3n) is 5.70. The highest BCUT2D eigenvalue weighted by Crippen LogP contribution is 2.18. The molecule has 1 N–H and O–H groups in total. The van der Waals surface area contributed by atoms with Gasteiger partial charge in [0.2, 0.25) is 5.91 Å². The SMILES string of the molecule is CCCCCCCCCCCCCCCCCC(=O)Nc1ccccc1C(=O)OCC. The van der Waals surface area contributed by atoms with Crippen molar-refractivity contribution >= 4 is 17.6 Å². The Kier molecular flexibility index (Phi) is 16.6. The Labute approximate surface area is 190 Å². The summed E-state index contributed by atoms with van der Waals surface area (Å²) in [5.74, 6) is -0.434. The number of rotatable bonds is 19. The summed E-state index contributed by atoms with van der Waals surface area (Å²) in [5.41, 5.74) is 0.945. The highest BCUT2D eigenvalue weighted by molar-refractivity contribution is 6.01. The first-order valence-corrected chi connectivity index (χ1v) is 12.7. The Morgan fingerprint density at radius 2 is 1.19 bits per heavy atom. The molecule has 0 aliphatic rings. The van der Waals surface area contributed by atoms with Gasteiger partial charge < -0.3 is 10.1 Å². The molecule has 0 atom stereocenters. The van der Waals surface area contributed by atoms with E-state index in [0.29, 0.717) is 24.3 Å². The third kappa shape index (κ3) is 14.0. The van der Waals surface area contributed by atoms with Crippen LogP contribution in [0.5, 0.6) is 0 Å². The predicted octanol–water partition coefficient (Wildman–Crippen LogP) is 8.06. The fourth-order valence-electron chi connectivity index (χ4n) is 3.85. The number of carbonyl (C=O) groups is 2. The van der Waals surface area contributed by atoms with Crippen molar-refractivity contribution < 1.29 is 14.3 Å². The molecule has 0 saturated heterocycles. The van der Waals surface area contributed by atoms with E-state index in [1.807, 2.05) is 6.07 Å². The molecule has 0 aliphatic heterocycles. The van der Waals surface area contributed by atoms with Crippen molar-refractivity contribution in [1.29, 1.82) is 0 Å². The topological polar surface area (TPSA) is 55.4 Å². The molecule has 31 heavy (non-hydrogen) atoms. The van der Waals surface area contributed by atoms with Crippen LogP contribution in [0, 0.1) is 0 Å². The molecule has 0 bridgehead atoms. The summed E-state index contributed by atoms with van der Waals surface area (Å²) >= 11 is 0. The molecule has 0 radical (unpaired) electrons. The van der Waals surface area contributed by atoms with Crippen LogP contribution in [0.4, 0.5) is 5.69 Å². The highest BCUT2D eigenvalue weighted by atomic mass is 16.5. The number of carbonyl (C=O) groups excluding carboxylic acids is 2. The molecule has 0 fully saturated rings. The zero-order valence-corrected chi connectivity index (χ0v) is 20.1. The summed E-state index contributed by atoms with van der Waals surface area (Å²) in [6.07, 6.45) is 20.2. The highest BCUT2D eigenvalue weighted by Gasteiger charge is 2.13. The summed E-state index contributed by atoms with van der Waals surface area (Å²) in [5, 5.41) is 2.86. The van der Waals surface area contributed by atoms with E-state index in [-0.39, 0.29) is 5.91 Å². The Bertz CT molecular complexity index is 600. The van der Waals surface area contributed by atoms with Crippen molar-refractivity contribution in [2.24, 2.45) is 0 Å². The number of esters is 1. The molecule has 1 amide bonds. The van der Waals surface area contributed by atoms with Gasteiger partial charge in [-0.2, -0.15) is 0 Å². The number of amides is 1. The lowest BCUT2D eigenvalue weighted by molar-refractivity contribution is -0.116. The minimum absolute atomic E-state index is 0.0357. The van der Waals surface area contributed by atoms with E-state index in [2.05, 4.69) is 12.2 Å². The minimum Gasteiger partial charge on any atom is -0.462 e. The van der Waals surface area contributed by atoms with E-state index in [0.717, 1.165) is 12.8 Å². The van der Waals surface area contributed by atoms with Crippen LogP contribution < -0.4 is 5.32 Å². The van der Waals surface area contributed by atoms with Crippen LogP contribution >= 0.6 is 0 Å². The Morgan fingerprint density at radius 3 is 1.71 bits per heavy atom. The lowest BCUT2D eigenvalue weighted by Gasteiger charge is -2.10. The Balaban J connectivity index is 1.99. The number of benzene rings is 1. The molecule has 0 aromatic heterocycles. The van der Waals surface area contributed by atoms with Crippen LogP contribution in [0.25, 0.3) is 0 Å². The second-order valence-electron chi connectivity index (χ2n) is 8.51. The molecule has 0 saturated carbocycles. The number of anilines is 1. The smallest absolute Gasteiger partial charge is 0.340 e. The second-order valence-corrected chi connectivity index (χ2v) is 8.51. The van der Waals surface area contributed by atoms with Gasteiger partial charge in [0.25, 0.3) is 0 Å². The van der Waals surface area contributed by atoms with E-state index < -0.39 is 5.97 Å². The van der Waals surface area contributed by atoms with Crippen molar-refractivity contribution in [2.45, 2.75) is 117 Å². The standard InChI is InChI=1S/C27H45NO3/c1-3-5-6-7-8-9-10-11-12-13-14-15-16-17-18-23-26(29)28-25-22-20-19-21-24(25)27(30)31-4-2/h19-22H,3-18,23H2,1-2H3,(H,28,29). The van der Waals surface area contributed by atoms with Crippen molar-refractivity contribution in [3.63, 3.8) is 0 Å². The largest absolute Gasteiger partial charge is 0.462 e. The molecule has 1 aromatic carbocycles. The average Bonchev–Trinajstić information content (AvgIpc) is 2.77. The predicted molar refractivity (Wildman–Crippen MR) is 131 cm³/mol. The third-order valence-corrected chi connectivity index (χ3v) is 5.70. The van der Waals surface area contributed by atoms with Crippen LogP contribution in [0.15, 0.2) is 24.3 Å². The molecular weight excluding hydrogens is 386 g/mol. The van der Waals surface area contributed by atoms with E-state index in [9.17, 15) is 9.59 Å². The van der Waals surface area contributed by atoms with E-state index in [4.69, 9.17) is 4.74 Å². The minimum atomic E-state index is -0.398. The molecule has 176 valence electrons. The zero-order chi connectivity index (χ0) is 22.6. The van der Waals surface area contributed by atoms with Gasteiger partial charge in [-0.3, -0.25) is 4.79 Å². The van der Waals surface area contributed by atoms with Gasteiger partial charge in [-0.25, -0.2) is 4.79 Å². The van der Waals surface area contributed by atoms with Crippen LogP contribution in [-0.2, 0) is 9.53 Å². The normalized spacial score (nSPS) is 10.8. The monoisotopic (exact) mass is 431 g/mol. The van der Waals surface area contributed by atoms with Gasteiger partial charge in [0.05, 0.1) is 17.9 Å². The van der Waals surface area contributed by atoms with Crippen LogP contribution in [-0.4, -0.2) is 18.5 Å². The number of hydrogen-bond acceptors (Lipinski definition) is 3. The van der Waals surface area contributed by atoms with Gasteiger partial charge in [-0.1, -0.05) is 109 Å². The lowest BCUT2D eigenvalue weighted by atomic mass is 10.0. The lowest BCUT2D eigenvalue weighted by Crippen LogP contribution is -2.15. The average molecular weight is 432 g/mol. The molecular formula is C27H45NO3. The zero-order valence-electron chi connectivity index (χ0n) is 20.1. The van der Waals surface area contributed by atoms with E-state index in [1.54, 1.807) is 25.1 Å². The Morgan fingerprint density at radius 1 is 0.710 bits per heavy atom. The summed E-state index contributed by atoms with van der Waals surface area (Å²) < 4.78 is 5.05. The van der Waals surface area contributed by atoms with Crippen molar-refractivity contribution in [1.82, 2.24) is 0 Å². The van der Waals surface area contributed by atoms with Crippen LogP contribution in [0.3, 0.4) is 0 Å². The number of unbranched alkanes of at least 4 members (excludes halogenated alkanes) is 14.